The first-order valence-corrected chi connectivity index (χ1v) is 10.6. The van der Waals surface area contributed by atoms with Gasteiger partial charge in [0.1, 0.15) is 10.4 Å². The van der Waals surface area contributed by atoms with Gasteiger partial charge < -0.3 is 0 Å². The number of aromatic nitrogens is 4. The van der Waals surface area contributed by atoms with Crippen molar-refractivity contribution in [3.63, 3.8) is 0 Å². The summed E-state index contributed by atoms with van der Waals surface area (Å²) in [5.41, 5.74) is -0.761. The standard InChI is InChI=1S/C15H11ClF2N6O2S2/c1-7-3-15(7,6-19)23-28(25,26)8-2-9(16)10-4-20-12(24(10)5-8)14-22-21-13(27-14)11(17)18/h2,4-5,7,11,23H,3H2,1H3/t7-,15-/m1/s1. The van der Waals surface area contributed by atoms with Crippen LogP contribution in [0.4, 0.5) is 8.78 Å². The molecule has 13 heteroatoms. The monoisotopic (exact) mass is 444 g/mol. The number of halogens is 3. The van der Waals surface area contributed by atoms with Crippen LogP contribution < -0.4 is 4.72 Å². The van der Waals surface area contributed by atoms with E-state index in [9.17, 15) is 22.5 Å². The van der Waals surface area contributed by atoms with Crippen molar-refractivity contribution in [1.82, 2.24) is 24.3 Å². The lowest BCUT2D eigenvalue weighted by molar-refractivity contribution is 0.150. The Hall–Kier alpha value is -2.20. The molecule has 146 valence electrons. The highest BCUT2D eigenvalue weighted by molar-refractivity contribution is 7.89. The van der Waals surface area contributed by atoms with Crippen LogP contribution in [0.5, 0.6) is 0 Å². The SMILES string of the molecule is C[C@@H]1C[C@]1(C#N)NS(=O)(=O)c1cc(Cl)c2cnc(-c3nnc(C(F)F)s3)n2c1. The predicted octanol–water partition coefficient (Wildman–Crippen LogP) is 3.02. The smallest absolute Gasteiger partial charge is 0.291 e. The van der Waals surface area contributed by atoms with Crippen LogP contribution in [-0.4, -0.2) is 33.5 Å². The van der Waals surface area contributed by atoms with Gasteiger partial charge in [-0.15, -0.1) is 10.2 Å². The van der Waals surface area contributed by atoms with Gasteiger partial charge in [-0.2, -0.15) is 9.98 Å². The Morgan fingerprint density at radius 1 is 1.50 bits per heavy atom. The highest BCUT2D eigenvalue weighted by Crippen LogP contribution is 2.43. The molecular weight excluding hydrogens is 434 g/mol. The van der Waals surface area contributed by atoms with Gasteiger partial charge in [0.05, 0.1) is 22.8 Å². The third kappa shape index (κ3) is 3.04. The molecule has 28 heavy (non-hydrogen) atoms. The number of sulfonamides is 1. The van der Waals surface area contributed by atoms with Crippen molar-refractivity contribution in [3.05, 3.63) is 28.5 Å². The van der Waals surface area contributed by atoms with E-state index < -0.39 is 27.0 Å². The van der Waals surface area contributed by atoms with E-state index in [0.717, 1.165) is 0 Å². The third-order valence-corrected chi connectivity index (χ3v) is 7.23. The molecule has 0 unspecified atom stereocenters. The van der Waals surface area contributed by atoms with Gasteiger partial charge in [0, 0.05) is 6.20 Å². The summed E-state index contributed by atoms with van der Waals surface area (Å²) in [5.74, 6) is 0.0255. The Morgan fingerprint density at radius 2 is 2.21 bits per heavy atom. The lowest BCUT2D eigenvalue weighted by Gasteiger charge is -2.12. The molecule has 3 aromatic heterocycles. The summed E-state index contributed by atoms with van der Waals surface area (Å²) in [5, 5.41) is 16.1. The molecule has 0 amide bonds. The topological polar surface area (TPSA) is 113 Å². The van der Waals surface area contributed by atoms with Crippen molar-refractivity contribution in [3.8, 4) is 16.9 Å². The Bertz CT molecular complexity index is 1240. The molecule has 1 fully saturated rings. The molecule has 0 aromatic carbocycles. The van der Waals surface area contributed by atoms with Crippen LogP contribution in [0.3, 0.4) is 0 Å². The molecule has 1 aliphatic carbocycles. The molecule has 3 aromatic rings. The molecule has 0 bridgehead atoms. The maximum atomic E-state index is 12.8. The third-order valence-electron chi connectivity index (χ3n) is 4.52. The van der Waals surface area contributed by atoms with Crippen LogP contribution in [0.15, 0.2) is 23.4 Å². The van der Waals surface area contributed by atoms with Crippen LogP contribution in [0, 0.1) is 17.2 Å². The van der Waals surface area contributed by atoms with E-state index in [2.05, 4.69) is 19.9 Å². The first-order valence-electron chi connectivity index (χ1n) is 7.90. The number of nitrogens with zero attached hydrogens (tertiary/aromatic N) is 5. The number of fused-ring (bicyclic) bond motifs is 1. The number of imidazole rings is 1. The van der Waals surface area contributed by atoms with Gasteiger partial charge in [0.25, 0.3) is 6.43 Å². The van der Waals surface area contributed by atoms with Gasteiger partial charge in [0.2, 0.25) is 10.0 Å². The molecule has 1 saturated carbocycles. The summed E-state index contributed by atoms with van der Waals surface area (Å²) < 4.78 is 54.9. The summed E-state index contributed by atoms with van der Waals surface area (Å²) in [7, 11) is -4.06. The summed E-state index contributed by atoms with van der Waals surface area (Å²) >= 11 is 6.85. The number of hydrogen-bond acceptors (Lipinski definition) is 7. The Balaban J connectivity index is 1.80. The minimum Gasteiger partial charge on any atom is -0.295 e. The van der Waals surface area contributed by atoms with Crippen molar-refractivity contribution >= 4 is 38.5 Å². The number of nitrogens with one attached hydrogen (secondary N) is 1. The van der Waals surface area contributed by atoms with Crippen molar-refractivity contribution in [2.45, 2.75) is 30.2 Å². The Kier molecular flexibility index (Phi) is 4.38. The second kappa shape index (κ2) is 6.41. The van der Waals surface area contributed by atoms with Gasteiger partial charge in [0.15, 0.2) is 15.8 Å². The number of pyridine rings is 1. The van der Waals surface area contributed by atoms with Gasteiger partial charge >= 0.3 is 0 Å². The van der Waals surface area contributed by atoms with Crippen LogP contribution >= 0.6 is 22.9 Å². The molecular formula is C15H11ClF2N6O2S2. The maximum absolute atomic E-state index is 12.8. The van der Waals surface area contributed by atoms with Gasteiger partial charge in [-0.25, -0.2) is 22.2 Å². The first kappa shape index (κ1) is 19.1. The van der Waals surface area contributed by atoms with Crippen molar-refractivity contribution in [2.75, 3.05) is 0 Å². The molecule has 0 spiro atoms. The van der Waals surface area contributed by atoms with E-state index in [1.165, 1.54) is 22.9 Å². The predicted molar refractivity (Wildman–Crippen MR) is 96.5 cm³/mol. The highest BCUT2D eigenvalue weighted by atomic mass is 35.5. The average molecular weight is 445 g/mol. The Labute approximate surface area is 166 Å². The molecule has 1 N–H and O–H groups in total. The molecule has 1 aliphatic rings. The minimum atomic E-state index is -4.06. The zero-order valence-electron chi connectivity index (χ0n) is 14.1. The summed E-state index contributed by atoms with van der Waals surface area (Å²) in [4.78, 5) is 3.93. The maximum Gasteiger partial charge on any atom is 0.291 e. The lowest BCUT2D eigenvalue weighted by atomic mass is 10.3. The molecule has 2 atom stereocenters. The number of alkyl halides is 2. The number of nitriles is 1. The summed E-state index contributed by atoms with van der Waals surface area (Å²) in [6, 6.07) is 3.24. The van der Waals surface area contributed by atoms with Crippen LogP contribution in [0.1, 0.15) is 24.8 Å². The number of rotatable bonds is 5. The van der Waals surface area contributed by atoms with Crippen LogP contribution in [0.25, 0.3) is 16.3 Å². The molecule has 4 rings (SSSR count). The summed E-state index contributed by atoms with van der Waals surface area (Å²) in [6.07, 6.45) is 0.276. The van der Waals surface area contributed by atoms with Crippen LogP contribution in [-0.2, 0) is 10.0 Å². The molecule has 0 saturated heterocycles. The van der Waals surface area contributed by atoms with Gasteiger partial charge in [-0.3, -0.25) is 4.40 Å². The zero-order chi connectivity index (χ0) is 20.3. The second-order valence-corrected chi connectivity index (χ2v) is 9.50. The van der Waals surface area contributed by atoms with Gasteiger partial charge in [-0.1, -0.05) is 29.9 Å². The van der Waals surface area contributed by atoms with Gasteiger partial charge in [-0.05, 0) is 18.4 Å². The fourth-order valence-corrected chi connectivity index (χ4v) is 5.25. The number of hydrogen-bond donors (Lipinski definition) is 1. The van der Waals surface area contributed by atoms with Crippen molar-refractivity contribution < 1.29 is 17.2 Å². The first-order chi connectivity index (χ1) is 13.2. The van der Waals surface area contributed by atoms with E-state index in [0.29, 0.717) is 23.3 Å². The fraction of sp³-hybridized carbons (Fsp3) is 0.333. The summed E-state index contributed by atoms with van der Waals surface area (Å²) in [6.45, 7) is 1.77. The van der Waals surface area contributed by atoms with Crippen molar-refractivity contribution in [2.24, 2.45) is 5.92 Å². The quantitative estimate of drug-likeness (QED) is 0.647. The van der Waals surface area contributed by atoms with Crippen molar-refractivity contribution in [1.29, 1.82) is 5.26 Å². The van der Waals surface area contributed by atoms with E-state index in [4.69, 9.17) is 11.6 Å². The van der Waals surface area contributed by atoms with E-state index >= 15 is 0 Å². The van der Waals surface area contributed by atoms with E-state index in [1.54, 1.807) is 6.92 Å². The normalized spacial score (nSPS) is 21.9. The Morgan fingerprint density at radius 3 is 2.79 bits per heavy atom. The van der Waals surface area contributed by atoms with Crippen LogP contribution in [0.2, 0.25) is 5.02 Å². The van der Waals surface area contributed by atoms with E-state index in [1.807, 2.05) is 6.07 Å². The fourth-order valence-electron chi connectivity index (χ4n) is 2.79. The highest BCUT2D eigenvalue weighted by Gasteiger charge is 2.54. The molecule has 0 aliphatic heterocycles. The lowest BCUT2D eigenvalue weighted by Crippen LogP contribution is -2.37. The largest absolute Gasteiger partial charge is 0.295 e. The van der Waals surface area contributed by atoms with E-state index in [-0.39, 0.29) is 26.7 Å². The second-order valence-electron chi connectivity index (χ2n) is 6.40. The minimum absolute atomic E-state index is 0.0927. The molecule has 0 radical (unpaired) electrons. The molecule has 8 nitrogen and oxygen atoms in total. The zero-order valence-corrected chi connectivity index (χ0v) is 16.5. The molecule has 3 heterocycles. The average Bonchev–Trinajstić information content (AvgIpc) is 3.02.